The predicted octanol–water partition coefficient (Wildman–Crippen LogP) is 1.53. The van der Waals surface area contributed by atoms with E-state index in [1.807, 2.05) is 0 Å². The Morgan fingerprint density at radius 1 is 1.10 bits per heavy atom. The lowest BCUT2D eigenvalue weighted by molar-refractivity contribution is -0.122. The van der Waals surface area contributed by atoms with Gasteiger partial charge >= 0.3 is 6.03 Å². The van der Waals surface area contributed by atoms with Crippen molar-refractivity contribution in [1.82, 2.24) is 16.0 Å². The molecule has 5 aliphatic rings. The zero-order valence-electron chi connectivity index (χ0n) is 12.5. The van der Waals surface area contributed by atoms with Crippen molar-refractivity contribution in [2.75, 3.05) is 6.54 Å². The van der Waals surface area contributed by atoms with Crippen molar-refractivity contribution in [3.8, 4) is 0 Å². The molecule has 0 radical (unpaired) electrons. The summed E-state index contributed by atoms with van der Waals surface area (Å²) < 4.78 is 0. The molecular weight excluding hydrogens is 266 g/mol. The van der Waals surface area contributed by atoms with Crippen LogP contribution < -0.4 is 16.0 Å². The van der Waals surface area contributed by atoms with Gasteiger partial charge in [-0.2, -0.15) is 0 Å². The molecule has 0 aromatic heterocycles. The summed E-state index contributed by atoms with van der Waals surface area (Å²) in [6.07, 6.45) is 8.95. The van der Waals surface area contributed by atoms with Gasteiger partial charge in [0.15, 0.2) is 0 Å². The minimum atomic E-state index is -0.0295. The summed E-state index contributed by atoms with van der Waals surface area (Å²) in [5, 5.41) is 9.19. The number of amides is 3. The first-order valence-electron chi connectivity index (χ1n) is 8.46. The van der Waals surface area contributed by atoms with Gasteiger partial charge in [0.2, 0.25) is 5.91 Å². The molecule has 1 heterocycles. The summed E-state index contributed by atoms with van der Waals surface area (Å²) in [5.41, 5.74) is 0.0662. The van der Waals surface area contributed by atoms with Gasteiger partial charge in [0.05, 0.1) is 0 Å². The monoisotopic (exact) mass is 291 g/mol. The lowest BCUT2D eigenvalue weighted by atomic mass is 9.53. The molecule has 5 fully saturated rings. The van der Waals surface area contributed by atoms with Gasteiger partial charge in [0, 0.05) is 24.5 Å². The SMILES string of the molecule is O=C1CCC(NC(=O)NC23CC4CC(CC(C4)C2)C3)CN1. The standard InChI is InChI=1S/C16H25N3O2/c20-14-2-1-13(9-17-14)18-15(21)19-16-6-10-3-11(7-16)5-12(4-10)8-16/h10-13H,1-9H2,(H,17,20)(H2,18,19,21). The van der Waals surface area contributed by atoms with Crippen LogP contribution in [0.2, 0.25) is 0 Å². The van der Waals surface area contributed by atoms with Crippen molar-refractivity contribution < 1.29 is 9.59 Å². The van der Waals surface area contributed by atoms with Crippen molar-refractivity contribution in [3.05, 3.63) is 0 Å². The molecule has 4 bridgehead atoms. The number of piperidine rings is 1. The average molecular weight is 291 g/mol. The maximum Gasteiger partial charge on any atom is 0.315 e. The molecule has 0 aromatic rings. The highest BCUT2D eigenvalue weighted by Gasteiger charge is 2.51. The highest BCUT2D eigenvalue weighted by Crippen LogP contribution is 2.55. The second-order valence-electron chi connectivity index (χ2n) is 7.84. The van der Waals surface area contributed by atoms with Crippen molar-refractivity contribution in [3.63, 3.8) is 0 Å². The minimum Gasteiger partial charge on any atom is -0.354 e. The topological polar surface area (TPSA) is 70.2 Å². The van der Waals surface area contributed by atoms with Gasteiger partial charge in [0.25, 0.3) is 0 Å². The lowest BCUT2D eigenvalue weighted by Crippen LogP contribution is -2.62. The number of carbonyl (C=O) groups excluding carboxylic acids is 2. The van der Waals surface area contributed by atoms with E-state index in [-0.39, 0.29) is 23.5 Å². The molecule has 0 aromatic carbocycles. The number of carbonyl (C=O) groups is 2. The zero-order valence-corrected chi connectivity index (χ0v) is 12.5. The van der Waals surface area contributed by atoms with Gasteiger partial charge in [-0.15, -0.1) is 0 Å². The fraction of sp³-hybridized carbons (Fsp3) is 0.875. The summed E-state index contributed by atoms with van der Waals surface area (Å²) in [5.74, 6) is 2.61. The Labute approximate surface area is 125 Å². The smallest absolute Gasteiger partial charge is 0.315 e. The summed E-state index contributed by atoms with van der Waals surface area (Å²) in [4.78, 5) is 23.5. The quantitative estimate of drug-likeness (QED) is 0.722. The van der Waals surface area contributed by atoms with Gasteiger partial charge in [-0.3, -0.25) is 4.79 Å². The lowest BCUT2D eigenvalue weighted by Gasteiger charge is -2.56. The normalized spacial score (nSPS) is 44.3. The Kier molecular flexibility index (Phi) is 3.12. The van der Waals surface area contributed by atoms with Gasteiger partial charge in [-0.25, -0.2) is 4.79 Å². The summed E-state index contributed by atoms with van der Waals surface area (Å²) in [6.45, 7) is 0.563. The van der Waals surface area contributed by atoms with E-state index in [9.17, 15) is 9.59 Å². The Morgan fingerprint density at radius 2 is 1.71 bits per heavy atom. The number of rotatable bonds is 2. The van der Waals surface area contributed by atoms with Crippen molar-refractivity contribution in [1.29, 1.82) is 0 Å². The first-order valence-corrected chi connectivity index (χ1v) is 8.46. The molecule has 1 atom stereocenters. The fourth-order valence-electron chi connectivity index (χ4n) is 5.58. The molecule has 1 saturated heterocycles. The molecular formula is C16H25N3O2. The maximum absolute atomic E-state index is 12.3. The molecule has 1 aliphatic heterocycles. The van der Waals surface area contributed by atoms with Gasteiger partial charge < -0.3 is 16.0 Å². The van der Waals surface area contributed by atoms with Gasteiger partial charge in [0.1, 0.15) is 0 Å². The summed E-state index contributed by atoms with van der Waals surface area (Å²) in [6, 6.07) is 0.0507. The van der Waals surface area contributed by atoms with Crippen LogP contribution in [0.15, 0.2) is 0 Å². The van der Waals surface area contributed by atoms with Crippen LogP contribution in [0.5, 0.6) is 0 Å². The molecule has 21 heavy (non-hydrogen) atoms. The summed E-state index contributed by atoms with van der Waals surface area (Å²) >= 11 is 0. The Morgan fingerprint density at radius 3 is 2.24 bits per heavy atom. The van der Waals surface area contributed by atoms with Gasteiger partial charge in [-0.05, 0) is 62.7 Å². The Bertz CT molecular complexity index is 417. The molecule has 4 saturated carbocycles. The largest absolute Gasteiger partial charge is 0.354 e. The van der Waals surface area contributed by atoms with Crippen LogP contribution in [-0.4, -0.2) is 30.1 Å². The van der Waals surface area contributed by atoms with Gasteiger partial charge in [-0.1, -0.05) is 0 Å². The maximum atomic E-state index is 12.3. The Hall–Kier alpha value is -1.26. The van der Waals surface area contributed by atoms with Crippen LogP contribution >= 0.6 is 0 Å². The van der Waals surface area contributed by atoms with E-state index in [4.69, 9.17) is 0 Å². The molecule has 3 amide bonds. The highest BCUT2D eigenvalue weighted by molar-refractivity contribution is 5.78. The van der Waals surface area contributed by atoms with Crippen molar-refractivity contribution in [2.45, 2.75) is 62.9 Å². The third-order valence-electron chi connectivity index (χ3n) is 6.02. The average Bonchev–Trinajstić information content (AvgIpc) is 2.39. The van der Waals surface area contributed by atoms with E-state index in [2.05, 4.69) is 16.0 Å². The molecule has 116 valence electrons. The van der Waals surface area contributed by atoms with E-state index >= 15 is 0 Å². The molecule has 5 heteroatoms. The molecule has 0 spiro atoms. The number of nitrogens with one attached hydrogen (secondary N) is 3. The molecule has 1 unspecified atom stereocenters. The first kappa shape index (κ1) is 13.4. The van der Waals surface area contributed by atoms with Crippen LogP contribution in [-0.2, 0) is 4.79 Å². The molecule has 4 aliphatic carbocycles. The Balaban J connectivity index is 1.35. The highest BCUT2D eigenvalue weighted by atomic mass is 16.2. The van der Waals surface area contributed by atoms with E-state index in [0.717, 1.165) is 24.2 Å². The third-order valence-corrected chi connectivity index (χ3v) is 6.02. The van der Waals surface area contributed by atoms with E-state index in [1.54, 1.807) is 0 Å². The molecule has 5 nitrogen and oxygen atoms in total. The fourth-order valence-corrected chi connectivity index (χ4v) is 5.58. The third kappa shape index (κ3) is 2.62. The number of urea groups is 1. The van der Waals surface area contributed by atoms with E-state index in [1.165, 1.54) is 38.5 Å². The van der Waals surface area contributed by atoms with Crippen molar-refractivity contribution >= 4 is 11.9 Å². The second kappa shape index (κ2) is 4.89. The summed E-state index contributed by atoms with van der Waals surface area (Å²) in [7, 11) is 0. The van der Waals surface area contributed by atoms with Crippen LogP contribution in [0.1, 0.15) is 51.4 Å². The van der Waals surface area contributed by atoms with Crippen LogP contribution in [0, 0.1) is 17.8 Å². The predicted molar refractivity (Wildman–Crippen MR) is 78.6 cm³/mol. The minimum absolute atomic E-state index is 0.0295. The number of hydrogen-bond acceptors (Lipinski definition) is 2. The van der Waals surface area contributed by atoms with Crippen LogP contribution in [0.25, 0.3) is 0 Å². The molecule has 3 N–H and O–H groups in total. The second-order valence-corrected chi connectivity index (χ2v) is 7.84. The number of hydrogen-bond donors (Lipinski definition) is 3. The van der Waals surface area contributed by atoms with Crippen LogP contribution in [0.4, 0.5) is 4.79 Å². The van der Waals surface area contributed by atoms with Crippen molar-refractivity contribution in [2.24, 2.45) is 17.8 Å². The molecule has 5 rings (SSSR count). The van der Waals surface area contributed by atoms with Crippen LogP contribution in [0.3, 0.4) is 0 Å². The zero-order chi connectivity index (χ0) is 14.4. The van der Waals surface area contributed by atoms with E-state index in [0.29, 0.717) is 13.0 Å². The van der Waals surface area contributed by atoms with E-state index < -0.39 is 0 Å². The first-order chi connectivity index (χ1) is 10.1.